The maximum absolute atomic E-state index is 5.15. The van der Waals surface area contributed by atoms with Gasteiger partial charge in [0.25, 0.3) is 0 Å². The predicted octanol–water partition coefficient (Wildman–Crippen LogP) is 5.57. The molecule has 0 N–H and O–H groups in total. The van der Waals surface area contributed by atoms with Gasteiger partial charge in [-0.25, -0.2) is 0 Å². The largest absolute Gasteiger partial charge is 0.497 e. The van der Waals surface area contributed by atoms with E-state index in [1.807, 2.05) is 48.5 Å². The molecule has 22 heavy (non-hydrogen) atoms. The van der Waals surface area contributed by atoms with Crippen LogP contribution in [0.1, 0.15) is 0 Å². The van der Waals surface area contributed by atoms with Crippen LogP contribution >= 0.6 is 48.8 Å². The maximum atomic E-state index is 5.15. The topological polar surface area (TPSA) is 18.5 Å². The summed E-state index contributed by atoms with van der Waals surface area (Å²) in [5.41, 5.74) is 0. The highest BCUT2D eigenvalue weighted by Gasteiger charge is 2.05. The van der Waals surface area contributed by atoms with Gasteiger partial charge in [-0.15, -0.1) is 25.3 Å². The molecule has 0 heterocycles. The second-order valence-electron chi connectivity index (χ2n) is 4.17. The monoisotopic (exact) mass is 368 g/mol. The quantitative estimate of drug-likeness (QED) is 0.512. The molecule has 0 saturated carbocycles. The van der Waals surface area contributed by atoms with Gasteiger partial charge in [0, 0.05) is 9.79 Å². The van der Waals surface area contributed by atoms with Crippen LogP contribution in [0.4, 0.5) is 0 Å². The third kappa shape index (κ3) is 5.12. The number of methoxy groups -OCH3 is 2. The van der Waals surface area contributed by atoms with Crippen molar-refractivity contribution in [3.05, 3.63) is 57.0 Å². The fraction of sp³-hybridized carbons (Fsp3) is 0.125. The van der Waals surface area contributed by atoms with Crippen LogP contribution in [0.15, 0.2) is 66.8 Å². The zero-order valence-corrected chi connectivity index (χ0v) is 15.6. The van der Waals surface area contributed by atoms with Crippen LogP contribution < -0.4 is 9.47 Å². The van der Waals surface area contributed by atoms with Crippen molar-refractivity contribution in [1.29, 1.82) is 0 Å². The molecule has 0 bridgehead atoms. The molecule has 0 unspecified atom stereocenters. The zero-order chi connectivity index (χ0) is 15.9. The number of hydrogen-bond acceptors (Lipinski definition) is 6. The Bertz CT molecular complexity index is 579. The highest BCUT2D eigenvalue weighted by molar-refractivity contribution is 8.21. The molecule has 0 aliphatic heterocycles. The van der Waals surface area contributed by atoms with E-state index >= 15 is 0 Å². The third-order valence-electron chi connectivity index (χ3n) is 2.73. The van der Waals surface area contributed by atoms with Gasteiger partial charge in [0.05, 0.1) is 22.7 Å². The van der Waals surface area contributed by atoms with Crippen molar-refractivity contribution in [3.8, 4) is 11.5 Å². The fourth-order valence-electron chi connectivity index (χ4n) is 1.60. The standard InChI is InChI=1S/C16H16O2S4/c1-17-11-3-7-13(8-4-11)21-15(19)16(20)22-14-9-5-12(18-2)6-10-14/h3-10,19-20H,1-2H3/b16-15-. The average Bonchev–Trinajstić information content (AvgIpc) is 2.56. The minimum Gasteiger partial charge on any atom is -0.497 e. The summed E-state index contributed by atoms with van der Waals surface area (Å²) in [7, 11) is 3.31. The van der Waals surface area contributed by atoms with Gasteiger partial charge in [0.2, 0.25) is 0 Å². The molecule has 2 nitrogen and oxygen atoms in total. The lowest BCUT2D eigenvalue weighted by molar-refractivity contribution is 0.414. The molecule has 0 fully saturated rings. The summed E-state index contributed by atoms with van der Waals surface area (Å²) >= 11 is 12.2. The molecule has 0 aliphatic carbocycles. The van der Waals surface area contributed by atoms with Crippen molar-refractivity contribution >= 4 is 48.8 Å². The predicted molar refractivity (Wildman–Crippen MR) is 103 cm³/mol. The number of benzene rings is 2. The molecular weight excluding hydrogens is 352 g/mol. The first-order valence-electron chi connectivity index (χ1n) is 6.38. The molecule has 116 valence electrons. The second-order valence-corrected chi connectivity index (χ2v) is 7.83. The first-order valence-corrected chi connectivity index (χ1v) is 8.91. The first kappa shape index (κ1) is 17.5. The highest BCUT2D eigenvalue weighted by Crippen LogP contribution is 2.40. The van der Waals surface area contributed by atoms with E-state index in [2.05, 4.69) is 25.3 Å². The lowest BCUT2D eigenvalue weighted by atomic mass is 10.3. The number of ether oxygens (including phenoxy) is 2. The van der Waals surface area contributed by atoms with Gasteiger partial charge in [-0.3, -0.25) is 0 Å². The van der Waals surface area contributed by atoms with Crippen molar-refractivity contribution in [2.45, 2.75) is 9.79 Å². The minimum absolute atomic E-state index is 0.841. The Morgan fingerprint density at radius 1 is 0.682 bits per heavy atom. The van der Waals surface area contributed by atoms with Crippen LogP contribution in [0, 0.1) is 0 Å². The molecule has 0 spiro atoms. The lowest BCUT2D eigenvalue weighted by Gasteiger charge is -2.07. The molecule has 0 aromatic heterocycles. The van der Waals surface area contributed by atoms with Gasteiger partial charge < -0.3 is 9.47 Å². The molecule has 0 amide bonds. The van der Waals surface area contributed by atoms with E-state index in [0.717, 1.165) is 29.8 Å². The minimum atomic E-state index is 0.841. The summed E-state index contributed by atoms with van der Waals surface area (Å²) in [6, 6.07) is 15.7. The van der Waals surface area contributed by atoms with Crippen LogP contribution in [0.3, 0.4) is 0 Å². The average molecular weight is 369 g/mol. The van der Waals surface area contributed by atoms with E-state index in [9.17, 15) is 0 Å². The van der Waals surface area contributed by atoms with Crippen molar-refractivity contribution in [3.63, 3.8) is 0 Å². The van der Waals surface area contributed by atoms with Crippen LogP contribution in [0.2, 0.25) is 0 Å². The van der Waals surface area contributed by atoms with E-state index in [1.165, 1.54) is 0 Å². The molecule has 6 heteroatoms. The van der Waals surface area contributed by atoms with E-state index in [0.29, 0.717) is 0 Å². The van der Waals surface area contributed by atoms with Gasteiger partial charge in [-0.05, 0) is 48.5 Å². The van der Waals surface area contributed by atoms with Crippen LogP contribution in [-0.2, 0) is 0 Å². The Morgan fingerprint density at radius 2 is 1.00 bits per heavy atom. The Hall–Kier alpha value is -0.820. The number of thioether (sulfide) groups is 2. The number of hydrogen-bond donors (Lipinski definition) is 2. The Kier molecular flexibility index (Phi) is 6.95. The van der Waals surface area contributed by atoms with Gasteiger partial charge >= 0.3 is 0 Å². The van der Waals surface area contributed by atoms with Crippen molar-refractivity contribution < 1.29 is 9.47 Å². The summed E-state index contributed by atoms with van der Waals surface area (Å²) < 4.78 is 12.0. The van der Waals surface area contributed by atoms with E-state index in [-0.39, 0.29) is 0 Å². The van der Waals surface area contributed by atoms with Crippen molar-refractivity contribution in [1.82, 2.24) is 0 Å². The van der Waals surface area contributed by atoms with Gasteiger partial charge in [-0.2, -0.15) is 0 Å². The second kappa shape index (κ2) is 8.72. The summed E-state index contributed by atoms with van der Waals surface area (Å²) in [5, 5.41) is 0. The molecule has 2 aromatic rings. The molecule has 0 atom stereocenters. The zero-order valence-electron chi connectivity index (χ0n) is 12.1. The molecule has 2 rings (SSSR count). The summed E-state index contributed by atoms with van der Waals surface area (Å²) in [4.78, 5) is 2.18. The first-order chi connectivity index (χ1) is 10.6. The number of thiol groups is 2. The summed E-state index contributed by atoms with van der Waals surface area (Å²) in [5.74, 6) is 1.68. The third-order valence-corrected chi connectivity index (χ3v) is 6.14. The Labute approximate surface area is 150 Å². The van der Waals surface area contributed by atoms with Gasteiger partial charge in [0.15, 0.2) is 0 Å². The van der Waals surface area contributed by atoms with E-state index in [4.69, 9.17) is 9.47 Å². The Balaban J connectivity index is 2.03. The molecule has 2 aromatic carbocycles. The molecular formula is C16H16O2S4. The maximum Gasteiger partial charge on any atom is 0.118 e. The lowest BCUT2D eigenvalue weighted by Crippen LogP contribution is -1.82. The fourth-order valence-corrected chi connectivity index (χ4v) is 3.92. The summed E-state index contributed by atoms with van der Waals surface area (Å²) in [6.07, 6.45) is 0. The molecule has 0 saturated heterocycles. The van der Waals surface area contributed by atoms with Gasteiger partial charge in [0.1, 0.15) is 11.5 Å². The smallest absolute Gasteiger partial charge is 0.118 e. The normalized spacial score (nSPS) is 11.8. The van der Waals surface area contributed by atoms with Crippen LogP contribution in [-0.4, -0.2) is 14.2 Å². The van der Waals surface area contributed by atoms with E-state index < -0.39 is 0 Å². The Morgan fingerprint density at radius 3 is 1.27 bits per heavy atom. The number of rotatable bonds is 6. The molecule has 0 aliphatic rings. The van der Waals surface area contributed by atoms with Crippen molar-refractivity contribution in [2.75, 3.05) is 14.2 Å². The van der Waals surface area contributed by atoms with Crippen molar-refractivity contribution in [2.24, 2.45) is 0 Å². The highest BCUT2D eigenvalue weighted by atomic mass is 32.2. The van der Waals surface area contributed by atoms with Crippen LogP contribution in [0.5, 0.6) is 11.5 Å². The SMILES string of the molecule is COc1ccc(S/C(S)=C(/S)Sc2ccc(OC)cc2)cc1. The van der Waals surface area contributed by atoms with Crippen LogP contribution in [0.25, 0.3) is 0 Å². The van der Waals surface area contributed by atoms with E-state index in [1.54, 1.807) is 37.7 Å². The van der Waals surface area contributed by atoms with Gasteiger partial charge in [-0.1, -0.05) is 23.5 Å². The summed E-state index contributed by atoms with van der Waals surface area (Å²) in [6.45, 7) is 0. The molecule has 0 radical (unpaired) electrons.